The molecule has 0 aliphatic carbocycles. The van der Waals surface area contributed by atoms with Crippen molar-refractivity contribution in [2.24, 2.45) is 5.92 Å². The summed E-state index contributed by atoms with van der Waals surface area (Å²) < 4.78 is 13.2. The van der Waals surface area contributed by atoms with Crippen LogP contribution >= 0.6 is 0 Å². The van der Waals surface area contributed by atoms with Gasteiger partial charge >= 0.3 is 0 Å². The second kappa shape index (κ2) is 13.9. The van der Waals surface area contributed by atoms with E-state index in [9.17, 15) is 0 Å². The average Bonchev–Trinajstić information content (AvgIpc) is 2.83. The lowest BCUT2D eigenvalue weighted by Gasteiger charge is -2.42. The van der Waals surface area contributed by atoms with E-state index in [0.29, 0.717) is 12.5 Å². The molecule has 1 atom stereocenters. The molecule has 0 aliphatic heterocycles. The molecule has 0 bridgehead atoms. The Labute approximate surface area is 230 Å². The van der Waals surface area contributed by atoms with Crippen LogP contribution in [-0.4, -0.2) is 29.8 Å². The van der Waals surface area contributed by atoms with E-state index in [2.05, 4.69) is 147 Å². The van der Waals surface area contributed by atoms with Crippen molar-refractivity contribution in [3.8, 4) is 0 Å². The van der Waals surface area contributed by atoms with E-state index in [1.807, 2.05) is 0 Å². The first-order valence-electron chi connectivity index (χ1n) is 14.0. The van der Waals surface area contributed by atoms with Crippen molar-refractivity contribution in [2.45, 2.75) is 90.9 Å². The van der Waals surface area contributed by atoms with Crippen LogP contribution in [-0.2, 0) is 8.85 Å². The minimum absolute atomic E-state index is 0.00309. The van der Waals surface area contributed by atoms with Gasteiger partial charge in [0.15, 0.2) is 8.32 Å². The lowest BCUT2D eigenvalue weighted by Crippen LogP contribution is -2.66. The monoisotopic (exact) mass is 536 g/mol. The van der Waals surface area contributed by atoms with Crippen LogP contribution in [0.25, 0.3) is 0 Å². The number of allylic oxidation sites excluding steroid dienone is 3. The summed E-state index contributed by atoms with van der Waals surface area (Å²) in [6.07, 6.45) is 12.2. The Hall–Kier alpha value is -1.73. The van der Waals surface area contributed by atoms with Crippen molar-refractivity contribution < 1.29 is 8.85 Å². The third-order valence-corrected chi connectivity index (χ3v) is 17.4. The van der Waals surface area contributed by atoms with Crippen LogP contribution in [0.15, 0.2) is 85.0 Å². The molecule has 204 valence electrons. The third kappa shape index (κ3) is 8.92. The highest BCUT2D eigenvalue weighted by Gasteiger charge is 2.49. The fourth-order valence-electron chi connectivity index (χ4n) is 4.55. The van der Waals surface area contributed by atoms with Gasteiger partial charge in [0.1, 0.15) is 0 Å². The molecule has 2 aromatic rings. The Balaban J connectivity index is 1.92. The molecule has 4 heteroatoms. The van der Waals surface area contributed by atoms with Crippen LogP contribution < -0.4 is 10.4 Å². The summed E-state index contributed by atoms with van der Waals surface area (Å²) in [5.41, 5.74) is 0. The molecule has 2 aromatic carbocycles. The maximum atomic E-state index is 6.92. The number of rotatable bonds is 13. The Morgan fingerprint density at radius 1 is 0.730 bits per heavy atom. The molecule has 0 heterocycles. The molecule has 0 saturated heterocycles. The SMILES string of the molecule is C[C@H](C/C=C/C=C/CO[Si](c1ccccc1)(c1ccccc1)C(C)(C)C)CCCO[Si](C)(C)C(C)(C)C. The van der Waals surface area contributed by atoms with E-state index in [1.165, 1.54) is 16.8 Å². The fraction of sp³-hybridized carbons (Fsp3) is 0.515. The summed E-state index contributed by atoms with van der Waals surface area (Å²) in [7, 11) is -4.09. The molecule has 0 aromatic heterocycles. The summed E-state index contributed by atoms with van der Waals surface area (Å²) in [5.74, 6) is 0.668. The minimum Gasteiger partial charge on any atom is -0.417 e. The van der Waals surface area contributed by atoms with E-state index in [4.69, 9.17) is 8.85 Å². The van der Waals surface area contributed by atoms with Crippen molar-refractivity contribution in [3.05, 3.63) is 85.0 Å². The highest BCUT2D eigenvalue weighted by molar-refractivity contribution is 6.99. The number of hydrogen-bond acceptors (Lipinski definition) is 2. The van der Waals surface area contributed by atoms with Gasteiger partial charge in [0, 0.05) is 6.61 Å². The quantitative estimate of drug-likeness (QED) is 0.145. The van der Waals surface area contributed by atoms with Crippen molar-refractivity contribution in [1.29, 1.82) is 0 Å². The lowest BCUT2D eigenvalue weighted by atomic mass is 10.0. The van der Waals surface area contributed by atoms with Gasteiger partial charge in [-0.3, -0.25) is 0 Å². The molecule has 0 unspecified atom stereocenters. The van der Waals surface area contributed by atoms with Gasteiger partial charge in [-0.2, -0.15) is 0 Å². The van der Waals surface area contributed by atoms with Crippen molar-refractivity contribution in [1.82, 2.24) is 0 Å². The molecule has 2 nitrogen and oxygen atoms in total. The topological polar surface area (TPSA) is 18.5 Å². The van der Waals surface area contributed by atoms with Gasteiger partial charge in [-0.25, -0.2) is 0 Å². The summed E-state index contributed by atoms with van der Waals surface area (Å²) in [4.78, 5) is 0. The van der Waals surface area contributed by atoms with E-state index >= 15 is 0 Å². The van der Waals surface area contributed by atoms with E-state index in [0.717, 1.165) is 19.4 Å². The molecule has 0 aliphatic rings. The lowest BCUT2D eigenvalue weighted by molar-refractivity contribution is 0.270. The molecule has 37 heavy (non-hydrogen) atoms. The maximum Gasteiger partial charge on any atom is 0.261 e. The van der Waals surface area contributed by atoms with Crippen molar-refractivity contribution in [3.63, 3.8) is 0 Å². The van der Waals surface area contributed by atoms with Crippen molar-refractivity contribution >= 4 is 27.0 Å². The van der Waals surface area contributed by atoms with E-state index in [1.54, 1.807) is 0 Å². The Kier molecular flexibility index (Phi) is 11.8. The van der Waals surface area contributed by atoms with Crippen molar-refractivity contribution in [2.75, 3.05) is 13.2 Å². The maximum absolute atomic E-state index is 6.92. The molecule has 0 fully saturated rings. The molecule has 0 radical (unpaired) electrons. The fourth-order valence-corrected chi connectivity index (χ4v) is 10.1. The van der Waals surface area contributed by atoms with Crippen LogP contribution in [0.5, 0.6) is 0 Å². The van der Waals surface area contributed by atoms with Gasteiger partial charge in [-0.15, -0.1) is 0 Å². The first-order chi connectivity index (χ1) is 17.3. The molecular weight excluding hydrogens is 485 g/mol. The number of hydrogen-bond donors (Lipinski definition) is 0. The van der Waals surface area contributed by atoms with Crippen LogP contribution in [0, 0.1) is 5.92 Å². The Morgan fingerprint density at radius 3 is 1.73 bits per heavy atom. The highest BCUT2D eigenvalue weighted by Crippen LogP contribution is 2.37. The first kappa shape index (κ1) is 31.5. The molecule has 0 amide bonds. The van der Waals surface area contributed by atoms with E-state index in [-0.39, 0.29) is 10.1 Å². The third-order valence-electron chi connectivity index (χ3n) is 7.84. The molecule has 0 N–H and O–H groups in total. The van der Waals surface area contributed by atoms with E-state index < -0.39 is 16.6 Å². The normalized spacial score (nSPS) is 14.5. The summed E-state index contributed by atoms with van der Waals surface area (Å²) in [6.45, 7) is 22.4. The van der Waals surface area contributed by atoms with Crippen LogP contribution in [0.4, 0.5) is 0 Å². The van der Waals surface area contributed by atoms with Gasteiger partial charge in [-0.1, -0.05) is 133 Å². The smallest absolute Gasteiger partial charge is 0.261 e. The summed E-state index contributed by atoms with van der Waals surface area (Å²) in [6, 6.07) is 21.7. The van der Waals surface area contributed by atoms with Crippen LogP contribution in [0.2, 0.25) is 23.2 Å². The van der Waals surface area contributed by atoms with Gasteiger partial charge in [0.05, 0.1) is 6.61 Å². The van der Waals surface area contributed by atoms with Gasteiger partial charge < -0.3 is 8.85 Å². The zero-order chi connectivity index (χ0) is 27.6. The summed E-state index contributed by atoms with van der Waals surface area (Å²) >= 11 is 0. The van der Waals surface area contributed by atoms with Gasteiger partial charge in [0.2, 0.25) is 0 Å². The number of benzene rings is 2. The molecule has 2 rings (SSSR count). The Morgan fingerprint density at radius 2 is 1.24 bits per heavy atom. The van der Waals surface area contributed by atoms with Crippen LogP contribution in [0.3, 0.4) is 0 Å². The Bertz CT molecular complexity index is 927. The minimum atomic E-state index is -2.46. The molecule has 0 saturated carbocycles. The predicted octanol–water partition coefficient (Wildman–Crippen LogP) is 8.50. The van der Waals surface area contributed by atoms with Crippen LogP contribution in [0.1, 0.15) is 67.7 Å². The van der Waals surface area contributed by atoms with Gasteiger partial charge in [0.25, 0.3) is 8.32 Å². The average molecular weight is 537 g/mol. The molecule has 0 spiro atoms. The first-order valence-corrected chi connectivity index (χ1v) is 18.8. The summed E-state index contributed by atoms with van der Waals surface area (Å²) in [5, 5.41) is 2.94. The predicted molar refractivity (Wildman–Crippen MR) is 168 cm³/mol. The zero-order valence-electron chi connectivity index (χ0n) is 25.0. The standard InChI is InChI=1S/C33H52O2Si2/c1-29(22-20-28-34-36(8,9)32(2,3)4)21-14-10-11-19-27-35-37(33(5,6)7,30-23-15-12-16-24-30)31-25-17-13-18-26-31/h10-19,23-26,29H,20-22,27-28H2,1-9H3/b14-10+,19-11+/t29-/m1/s1. The largest absolute Gasteiger partial charge is 0.417 e. The second-order valence-electron chi connectivity index (χ2n) is 12.9. The molecular formula is C33H52O2Si2. The zero-order valence-corrected chi connectivity index (χ0v) is 27.0. The second-order valence-corrected chi connectivity index (χ2v) is 22.0. The van der Waals surface area contributed by atoms with Gasteiger partial charge in [-0.05, 0) is 58.7 Å². The highest BCUT2D eigenvalue weighted by atomic mass is 28.4.